The molecule has 0 radical (unpaired) electrons. The molecule has 3 rings (SSSR count). The molecular formula is C17H5Br4F6NO3S. The van der Waals surface area contributed by atoms with Gasteiger partial charge >= 0.3 is 29.6 Å². The SMILES string of the molecule is O=C(O)C(F)(F)C(F)(F)C(F)(F)C(=O)N1c2c(Br)cc(Br)cc2Sc2cc(Br)cc(Br)c21. The molecule has 4 nitrogen and oxygen atoms in total. The highest BCUT2D eigenvalue weighted by molar-refractivity contribution is 9.11. The van der Waals surface area contributed by atoms with Gasteiger partial charge in [0.25, 0.3) is 0 Å². The summed E-state index contributed by atoms with van der Waals surface area (Å²) in [4.78, 5) is 23.9. The van der Waals surface area contributed by atoms with Crippen LogP contribution in [0.5, 0.6) is 0 Å². The van der Waals surface area contributed by atoms with Crippen LogP contribution in [0.4, 0.5) is 37.7 Å². The van der Waals surface area contributed by atoms with Gasteiger partial charge in [-0.2, -0.15) is 26.3 Å². The molecule has 0 saturated heterocycles. The number of hydrogen-bond acceptors (Lipinski definition) is 3. The van der Waals surface area contributed by atoms with Crippen molar-refractivity contribution in [3.05, 3.63) is 42.2 Å². The molecule has 32 heavy (non-hydrogen) atoms. The van der Waals surface area contributed by atoms with Gasteiger partial charge in [0, 0.05) is 27.7 Å². The average Bonchev–Trinajstić information content (AvgIpc) is 2.64. The van der Waals surface area contributed by atoms with E-state index in [-0.39, 0.29) is 35.0 Å². The van der Waals surface area contributed by atoms with Gasteiger partial charge in [0.2, 0.25) is 0 Å². The number of nitrogens with zero attached hydrogens (tertiary/aromatic N) is 1. The van der Waals surface area contributed by atoms with Gasteiger partial charge in [-0.3, -0.25) is 9.69 Å². The molecule has 0 aromatic heterocycles. The van der Waals surface area contributed by atoms with E-state index in [4.69, 9.17) is 5.11 Å². The molecule has 1 amide bonds. The summed E-state index contributed by atoms with van der Waals surface area (Å²) in [5.41, 5.74) is -0.624. The minimum atomic E-state index is -6.54. The summed E-state index contributed by atoms with van der Waals surface area (Å²) in [7, 11) is 0. The van der Waals surface area contributed by atoms with Gasteiger partial charge in [0.05, 0.1) is 11.4 Å². The van der Waals surface area contributed by atoms with Crippen molar-refractivity contribution in [2.24, 2.45) is 0 Å². The standard InChI is InChI=1S/C17H5Br4F6NO3S/c18-5-1-7(20)11-9(3-5)32-10-4-6(19)2-8(21)12(10)28(11)13(29)15(22,23)17(26,27)16(24,25)14(30)31/h1-4H,(H,30,31). The number of halogens is 10. The zero-order valence-corrected chi connectivity index (χ0v) is 21.9. The number of aliphatic carboxylic acids is 1. The van der Waals surface area contributed by atoms with E-state index < -0.39 is 29.6 Å². The maximum absolute atomic E-state index is 14.7. The summed E-state index contributed by atoms with van der Waals surface area (Å²) in [6, 6.07) is 5.48. The van der Waals surface area contributed by atoms with E-state index in [1.54, 1.807) is 0 Å². The summed E-state index contributed by atoms with van der Waals surface area (Å²) in [6.45, 7) is 0. The van der Waals surface area contributed by atoms with Crippen LogP contribution in [0.15, 0.2) is 51.9 Å². The second kappa shape index (κ2) is 8.47. The third kappa shape index (κ3) is 3.91. The molecule has 0 bridgehead atoms. The fourth-order valence-corrected chi connectivity index (χ4v) is 7.29. The van der Waals surface area contributed by atoms with Crippen molar-refractivity contribution in [1.29, 1.82) is 0 Å². The largest absolute Gasteiger partial charge is 0.477 e. The molecule has 0 atom stereocenters. The Bertz CT molecular complexity index is 1110. The molecule has 2 aromatic carbocycles. The van der Waals surface area contributed by atoms with Gasteiger partial charge in [0.1, 0.15) is 0 Å². The van der Waals surface area contributed by atoms with Crippen LogP contribution in [0.25, 0.3) is 0 Å². The predicted octanol–water partition coefficient (Wildman–Crippen LogP) is 7.86. The first kappa shape index (κ1) is 25.8. The first-order chi connectivity index (χ1) is 14.5. The lowest BCUT2D eigenvalue weighted by molar-refractivity contribution is -0.291. The van der Waals surface area contributed by atoms with Crippen molar-refractivity contribution in [1.82, 2.24) is 0 Å². The Kier molecular flexibility index (Phi) is 6.84. The summed E-state index contributed by atoms with van der Waals surface area (Å²) in [6.07, 6.45) is 0. The number of rotatable bonds is 4. The number of anilines is 2. The molecular weight excluding hydrogens is 732 g/mol. The lowest BCUT2D eigenvalue weighted by atomic mass is 10.0. The molecule has 0 aliphatic carbocycles. The van der Waals surface area contributed by atoms with E-state index in [9.17, 15) is 35.9 Å². The number of carbonyl (C=O) groups is 2. The zero-order chi connectivity index (χ0) is 24.4. The van der Waals surface area contributed by atoms with Gasteiger partial charge in [-0.05, 0) is 56.1 Å². The van der Waals surface area contributed by atoms with Crippen molar-refractivity contribution < 1.29 is 41.0 Å². The van der Waals surface area contributed by atoms with Crippen LogP contribution in [0.1, 0.15) is 0 Å². The van der Waals surface area contributed by atoms with Gasteiger partial charge in [-0.25, -0.2) is 4.79 Å². The number of benzene rings is 2. The van der Waals surface area contributed by atoms with E-state index in [0.29, 0.717) is 8.95 Å². The Hall–Kier alpha value is -0.770. The molecule has 172 valence electrons. The number of carboxylic acids is 1. The lowest BCUT2D eigenvalue weighted by Crippen LogP contribution is -2.63. The molecule has 0 spiro atoms. The molecule has 1 heterocycles. The van der Waals surface area contributed by atoms with E-state index in [1.165, 1.54) is 24.3 Å². The fourth-order valence-electron chi connectivity index (χ4n) is 2.71. The smallest absolute Gasteiger partial charge is 0.411 e. The Morgan fingerprint density at radius 3 is 1.56 bits per heavy atom. The zero-order valence-electron chi connectivity index (χ0n) is 14.7. The van der Waals surface area contributed by atoms with Gasteiger partial charge in [-0.15, -0.1) is 0 Å². The molecule has 0 unspecified atom stereocenters. The third-order valence-corrected chi connectivity index (χ3v) is 7.37. The predicted molar refractivity (Wildman–Crippen MR) is 117 cm³/mol. The highest BCUT2D eigenvalue weighted by Crippen LogP contribution is 2.57. The molecule has 1 aliphatic heterocycles. The van der Waals surface area contributed by atoms with Crippen molar-refractivity contribution >= 4 is 98.7 Å². The Balaban J connectivity index is 2.30. The van der Waals surface area contributed by atoms with Crippen LogP contribution in [0.2, 0.25) is 0 Å². The summed E-state index contributed by atoms with van der Waals surface area (Å²) >= 11 is 13.5. The number of fused-ring (bicyclic) bond motifs is 2. The highest BCUT2D eigenvalue weighted by atomic mass is 79.9. The number of alkyl halides is 6. The van der Waals surface area contributed by atoms with Crippen LogP contribution in [-0.2, 0) is 9.59 Å². The average molecular weight is 737 g/mol. The second-order valence-electron chi connectivity index (χ2n) is 6.24. The fraction of sp³-hybridized carbons (Fsp3) is 0.176. The van der Waals surface area contributed by atoms with E-state index in [0.717, 1.165) is 11.8 Å². The van der Waals surface area contributed by atoms with Gasteiger partial charge < -0.3 is 5.11 Å². The minimum absolute atomic E-state index is 0.00676. The maximum atomic E-state index is 14.7. The topological polar surface area (TPSA) is 57.6 Å². The van der Waals surface area contributed by atoms with Crippen molar-refractivity contribution in [2.75, 3.05) is 4.90 Å². The minimum Gasteiger partial charge on any atom is -0.477 e. The Morgan fingerprint density at radius 1 is 0.781 bits per heavy atom. The third-order valence-electron chi connectivity index (χ3n) is 4.18. The summed E-state index contributed by atoms with van der Waals surface area (Å²) in [5, 5.41) is 8.38. The van der Waals surface area contributed by atoms with E-state index in [1.807, 2.05) is 0 Å². The quantitative estimate of drug-likeness (QED) is 0.325. The first-order valence-corrected chi connectivity index (χ1v) is 11.9. The Morgan fingerprint density at radius 2 is 1.19 bits per heavy atom. The molecule has 1 aliphatic rings. The van der Waals surface area contributed by atoms with Crippen molar-refractivity contribution in [3.63, 3.8) is 0 Å². The van der Waals surface area contributed by atoms with Crippen LogP contribution in [-0.4, -0.2) is 34.8 Å². The lowest BCUT2D eigenvalue weighted by Gasteiger charge is -2.37. The van der Waals surface area contributed by atoms with E-state index >= 15 is 0 Å². The molecule has 15 heteroatoms. The van der Waals surface area contributed by atoms with Gasteiger partial charge in [-0.1, -0.05) is 43.6 Å². The van der Waals surface area contributed by atoms with Gasteiger partial charge in [0.15, 0.2) is 0 Å². The summed E-state index contributed by atoms with van der Waals surface area (Å²) < 4.78 is 85.7. The molecule has 0 fully saturated rings. The normalized spacial score (nSPS) is 14.1. The molecule has 1 N–H and O–H groups in total. The number of amides is 1. The molecule has 0 saturated carbocycles. The van der Waals surface area contributed by atoms with Crippen molar-refractivity contribution in [3.8, 4) is 0 Å². The number of carboxylic acid groups (broad SMARTS) is 1. The second-order valence-corrected chi connectivity index (χ2v) is 10.9. The monoisotopic (exact) mass is 733 g/mol. The highest BCUT2D eigenvalue weighted by Gasteiger charge is 2.79. The van der Waals surface area contributed by atoms with Crippen LogP contribution in [0.3, 0.4) is 0 Å². The summed E-state index contributed by atoms with van der Waals surface area (Å²) in [5.74, 6) is -25.1. The van der Waals surface area contributed by atoms with Crippen LogP contribution < -0.4 is 4.90 Å². The molecule has 2 aromatic rings. The maximum Gasteiger partial charge on any atom is 0.411 e. The number of carbonyl (C=O) groups excluding carboxylic acids is 1. The van der Waals surface area contributed by atoms with Crippen LogP contribution >= 0.6 is 75.5 Å². The van der Waals surface area contributed by atoms with E-state index in [2.05, 4.69) is 63.7 Å². The number of hydrogen-bond donors (Lipinski definition) is 1. The van der Waals surface area contributed by atoms with Crippen molar-refractivity contribution in [2.45, 2.75) is 27.6 Å². The Labute approximate surface area is 213 Å². The first-order valence-electron chi connectivity index (χ1n) is 7.91. The van der Waals surface area contributed by atoms with Crippen LogP contribution in [0, 0.1) is 0 Å².